The number of rotatable bonds is 7. The van der Waals surface area contributed by atoms with Crippen LogP contribution in [-0.4, -0.2) is 23.2 Å². The van der Waals surface area contributed by atoms with E-state index >= 15 is 0 Å². The van der Waals surface area contributed by atoms with Gasteiger partial charge in [-0.05, 0) is 48.5 Å². The van der Waals surface area contributed by atoms with E-state index < -0.39 is 0 Å². The first-order valence-corrected chi connectivity index (χ1v) is 11.9. The summed E-state index contributed by atoms with van der Waals surface area (Å²) < 4.78 is 11.8. The van der Waals surface area contributed by atoms with Gasteiger partial charge in [-0.25, -0.2) is 9.97 Å². The molecule has 0 saturated carbocycles. The van der Waals surface area contributed by atoms with Crippen LogP contribution in [0.5, 0.6) is 11.5 Å². The van der Waals surface area contributed by atoms with Crippen molar-refractivity contribution in [2.45, 2.75) is 0 Å². The highest BCUT2D eigenvalue weighted by Gasteiger charge is 2.18. The van der Waals surface area contributed by atoms with Gasteiger partial charge in [0.05, 0.1) is 22.1 Å². The zero-order valence-corrected chi connectivity index (χ0v) is 19.8. The standard InChI is InChI=1S/C32H24N2O2/c1-3-17-35-21-13-15-29-25(19-21)31(23-9-5-7-11-27(23)33-29)32-24-10-6-8-12-28(24)34-30-16-14-22(20-26(30)32)36-18-4-2/h3-16,19-20H,1-2,17-18H2. The number of aromatic nitrogens is 2. The molecule has 4 nitrogen and oxygen atoms in total. The van der Waals surface area contributed by atoms with Crippen molar-refractivity contribution in [1.29, 1.82) is 0 Å². The Morgan fingerprint density at radius 2 is 0.944 bits per heavy atom. The molecule has 6 rings (SSSR count). The van der Waals surface area contributed by atoms with Gasteiger partial charge in [0.15, 0.2) is 0 Å². The molecule has 4 aromatic carbocycles. The topological polar surface area (TPSA) is 44.2 Å². The Hall–Kier alpha value is -4.70. The Balaban J connectivity index is 1.79. The van der Waals surface area contributed by atoms with Crippen LogP contribution in [0, 0.1) is 0 Å². The fourth-order valence-corrected chi connectivity index (χ4v) is 4.77. The lowest BCUT2D eigenvalue weighted by atomic mass is 9.90. The van der Waals surface area contributed by atoms with Crippen molar-refractivity contribution >= 4 is 43.6 Å². The Labute approximate surface area is 209 Å². The number of fused-ring (bicyclic) bond motifs is 4. The van der Waals surface area contributed by atoms with Gasteiger partial charge in [-0.1, -0.05) is 61.7 Å². The van der Waals surface area contributed by atoms with Gasteiger partial charge in [-0.15, -0.1) is 0 Å². The van der Waals surface area contributed by atoms with Crippen LogP contribution in [0.1, 0.15) is 0 Å². The summed E-state index contributed by atoms with van der Waals surface area (Å²) in [5.74, 6) is 1.55. The van der Waals surface area contributed by atoms with E-state index in [1.807, 2.05) is 36.4 Å². The van der Waals surface area contributed by atoms with Crippen molar-refractivity contribution in [3.8, 4) is 22.6 Å². The smallest absolute Gasteiger partial charge is 0.120 e. The number of hydrogen-bond donors (Lipinski definition) is 0. The number of nitrogens with zero attached hydrogens (tertiary/aromatic N) is 2. The number of hydrogen-bond acceptors (Lipinski definition) is 4. The van der Waals surface area contributed by atoms with Gasteiger partial charge in [0.2, 0.25) is 0 Å². The summed E-state index contributed by atoms with van der Waals surface area (Å²) in [5, 5.41) is 4.18. The summed E-state index contributed by atoms with van der Waals surface area (Å²) in [6.07, 6.45) is 3.50. The highest BCUT2D eigenvalue weighted by molar-refractivity contribution is 6.20. The molecule has 36 heavy (non-hydrogen) atoms. The van der Waals surface area contributed by atoms with Gasteiger partial charge in [0.25, 0.3) is 0 Å². The fourth-order valence-electron chi connectivity index (χ4n) is 4.77. The van der Waals surface area contributed by atoms with Gasteiger partial charge < -0.3 is 9.47 Å². The van der Waals surface area contributed by atoms with Crippen LogP contribution in [0.2, 0.25) is 0 Å². The minimum atomic E-state index is 0.437. The Morgan fingerprint density at radius 1 is 0.528 bits per heavy atom. The van der Waals surface area contributed by atoms with Gasteiger partial charge in [-0.3, -0.25) is 0 Å². The first-order chi connectivity index (χ1) is 17.8. The molecule has 0 aliphatic heterocycles. The highest BCUT2D eigenvalue weighted by Crippen LogP contribution is 2.43. The van der Waals surface area contributed by atoms with Crippen LogP contribution in [0.4, 0.5) is 0 Å². The van der Waals surface area contributed by atoms with E-state index in [-0.39, 0.29) is 0 Å². The molecule has 174 valence electrons. The molecule has 2 heterocycles. The maximum atomic E-state index is 5.92. The molecule has 0 amide bonds. The van der Waals surface area contributed by atoms with E-state index in [4.69, 9.17) is 19.4 Å². The minimum absolute atomic E-state index is 0.437. The van der Waals surface area contributed by atoms with Crippen LogP contribution in [0.15, 0.2) is 110 Å². The summed E-state index contributed by atoms with van der Waals surface area (Å²) >= 11 is 0. The molecule has 6 aromatic rings. The van der Waals surface area contributed by atoms with Gasteiger partial charge in [0.1, 0.15) is 24.7 Å². The number of pyridine rings is 2. The number of benzene rings is 4. The minimum Gasteiger partial charge on any atom is -0.490 e. The lowest BCUT2D eigenvalue weighted by Gasteiger charge is -2.17. The Morgan fingerprint density at radius 3 is 1.39 bits per heavy atom. The van der Waals surface area contributed by atoms with Crippen molar-refractivity contribution in [2.24, 2.45) is 0 Å². The van der Waals surface area contributed by atoms with Gasteiger partial charge in [0, 0.05) is 32.7 Å². The van der Waals surface area contributed by atoms with Crippen molar-refractivity contribution in [2.75, 3.05) is 13.2 Å². The molecule has 0 N–H and O–H groups in total. The average Bonchev–Trinajstić information content (AvgIpc) is 2.92. The van der Waals surface area contributed by atoms with Gasteiger partial charge in [-0.2, -0.15) is 0 Å². The SMILES string of the molecule is C=CCOc1ccc2nc3ccccc3c(-c3c4ccccc4nc4ccc(OCC=C)cc34)c2c1. The largest absolute Gasteiger partial charge is 0.490 e. The second-order valence-electron chi connectivity index (χ2n) is 8.57. The lowest BCUT2D eigenvalue weighted by Crippen LogP contribution is -1.97. The third-order valence-electron chi connectivity index (χ3n) is 6.29. The van der Waals surface area contributed by atoms with E-state index in [0.29, 0.717) is 13.2 Å². The predicted octanol–water partition coefficient (Wildman–Crippen LogP) is 7.89. The zero-order valence-electron chi connectivity index (χ0n) is 19.8. The summed E-state index contributed by atoms with van der Waals surface area (Å²) in [6.45, 7) is 8.43. The third-order valence-corrected chi connectivity index (χ3v) is 6.29. The zero-order chi connectivity index (χ0) is 24.5. The molecule has 0 radical (unpaired) electrons. The normalized spacial score (nSPS) is 11.2. The second kappa shape index (κ2) is 9.16. The van der Waals surface area contributed by atoms with E-state index in [9.17, 15) is 0 Å². The molecule has 2 aromatic heterocycles. The molecular weight excluding hydrogens is 444 g/mol. The summed E-state index contributed by atoms with van der Waals surface area (Å²) in [5.41, 5.74) is 5.89. The summed E-state index contributed by atoms with van der Waals surface area (Å²) in [7, 11) is 0. The molecule has 0 atom stereocenters. The van der Waals surface area contributed by atoms with Crippen molar-refractivity contribution in [3.63, 3.8) is 0 Å². The average molecular weight is 469 g/mol. The van der Waals surface area contributed by atoms with Crippen LogP contribution in [-0.2, 0) is 0 Å². The van der Waals surface area contributed by atoms with Crippen LogP contribution >= 0.6 is 0 Å². The maximum absolute atomic E-state index is 5.92. The number of ether oxygens (including phenoxy) is 2. The first-order valence-electron chi connectivity index (χ1n) is 11.9. The molecule has 0 aliphatic rings. The molecule has 4 heteroatoms. The molecule has 0 aliphatic carbocycles. The Kier molecular flexibility index (Phi) is 5.55. The lowest BCUT2D eigenvalue weighted by molar-refractivity contribution is 0.363. The molecule has 0 bridgehead atoms. The quantitative estimate of drug-likeness (QED) is 0.177. The molecule has 0 unspecified atom stereocenters. The fraction of sp³-hybridized carbons (Fsp3) is 0.0625. The molecular formula is C32H24N2O2. The Bertz CT molecular complexity index is 1660. The third kappa shape index (κ3) is 3.73. The molecule has 0 spiro atoms. The van der Waals surface area contributed by atoms with E-state index in [1.54, 1.807) is 12.2 Å². The van der Waals surface area contributed by atoms with Crippen molar-refractivity contribution in [1.82, 2.24) is 9.97 Å². The molecule has 0 saturated heterocycles. The second-order valence-corrected chi connectivity index (χ2v) is 8.57. The predicted molar refractivity (Wildman–Crippen MR) is 149 cm³/mol. The van der Waals surface area contributed by atoms with Crippen LogP contribution in [0.25, 0.3) is 54.7 Å². The van der Waals surface area contributed by atoms with Gasteiger partial charge >= 0.3 is 0 Å². The maximum Gasteiger partial charge on any atom is 0.120 e. The summed E-state index contributed by atoms with van der Waals surface area (Å²) in [4.78, 5) is 9.95. The first kappa shape index (κ1) is 21.8. The highest BCUT2D eigenvalue weighted by atomic mass is 16.5. The van der Waals surface area contributed by atoms with Crippen LogP contribution in [0.3, 0.4) is 0 Å². The van der Waals surface area contributed by atoms with E-state index in [2.05, 4.69) is 61.7 Å². The van der Waals surface area contributed by atoms with E-state index in [1.165, 1.54) is 0 Å². The van der Waals surface area contributed by atoms with Crippen molar-refractivity contribution in [3.05, 3.63) is 110 Å². The number of para-hydroxylation sites is 2. The van der Waals surface area contributed by atoms with E-state index in [0.717, 1.165) is 66.2 Å². The van der Waals surface area contributed by atoms with Crippen molar-refractivity contribution < 1.29 is 9.47 Å². The summed E-state index contributed by atoms with van der Waals surface area (Å²) in [6, 6.07) is 28.7. The van der Waals surface area contributed by atoms with Crippen LogP contribution < -0.4 is 9.47 Å². The monoisotopic (exact) mass is 468 g/mol. The molecule has 0 fully saturated rings.